The van der Waals surface area contributed by atoms with Gasteiger partial charge in [0.1, 0.15) is 0 Å². The van der Waals surface area contributed by atoms with E-state index in [4.69, 9.17) is 18.9 Å². The van der Waals surface area contributed by atoms with Crippen molar-refractivity contribution in [3.63, 3.8) is 0 Å². The van der Waals surface area contributed by atoms with E-state index in [0.717, 1.165) is 37.2 Å². The van der Waals surface area contributed by atoms with Crippen LogP contribution in [0.4, 0.5) is 0 Å². The lowest BCUT2D eigenvalue weighted by Gasteiger charge is -2.45. The molecule has 0 atom stereocenters. The highest BCUT2D eigenvalue weighted by atomic mass is 16.5. The average molecular weight is 385 g/mol. The van der Waals surface area contributed by atoms with Crippen molar-refractivity contribution in [2.75, 3.05) is 27.4 Å². The monoisotopic (exact) mass is 384 g/mol. The molecule has 0 aromatic heterocycles. The maximum Gasteiger partial charge on any atom is 0.161 e. The summed E-state index contributed by atoms with van der Waals surface area (Å²) in [5, 5.41) is 0. The zero-order chi connectivity index (χ0) is 19.8. The largest absolute Gasteiger partial charge is 0.493 e. The van der Waals surface area contributed by atoms with Gasteiger partial charge in [-0.05, 0) is 47.9 Å². The number of hydrogen-bond donors (Lipinski definition) is 0. The molecule has 0 aliphatic heterocycles. The van der Waals surface area contributed by atoms with Gasteiger partial charge in [-0.1, -0.05) is 43.3 Å². The van der Waals surface area contributed by atoms with Crippen LogP contribution in [0.2, 0.25) is 0 Å². The molecule has 0 amide bonds. The Morgan fingerprint density at radius 3 is 2.43 bits per heavy atom. The Morgan fingerprint density at radius 2 is 1.71 bits per heavy atom. The Hall–Kier alpha value is -2.04. The van der Waals surface area contributed by atoms with Crippen LogP contribution in [-0.4, -0.2) is 33.5 Å². The van der Waals surface area contributed by atoms with E-state index >= 15 is 0 Å². The number of ether oxygens (including phenoxy) is 4. The molecule has 28 heavy (non-hydrogen) atoms. The summed E-state index contributed by atoms with van der Waals surface area (Å²) in [5.41, 5.74) is 2.80. The first-order valence-electron chi connectivity index (χ1n) is 10.1. The summed E-state index contributed by atoms with van der Waals surface area (Å²) < 4.78 is 22.5. The van der Waals surface area contributed by atoms with Gasteiger partial charge in [-0.25, -0.2) is 0 Å². The summed E-state index contributed by atoms with van der Waals surface area (Å²) in [4.78, 5) is 0. The molecule has 2 aromatic carbocycles. The maximum atomic E-state index is 6.08. The summed E-state index contributed by atoms with van der Waals surface area (Å²) in [5.74, 6) is 1.60. The summed E-state index contributed by atoms with van der Waals surface area (Å²) in [7, 11) is 3.39. The molecule has 4 nitrogen and oxygen atoms in total. The van der Waals surface area contributed by atoms with Crippen LogP contribution in [-0.2, 0) is 22.5 Å². The number of benzene rings is 2. The molecule has 0 unspecified atom stereocenters. The third kappa shape index (κ3) is 5.73. The van der Waals surface area contributed by atoms with Crippen molar-refractivity contribution < 1.29 is 18.9 Å². The van der Waals surface area contributed by atoms with Gasteiger partial charge in [0.05, 0.1) is 26.4 Å². The van der Waals surface area contributed by atoms with Gasteiger partial charge in [0.2, 0.25) is 0 Å². The van der Waals surface area contributed by atoms with E-state index in [2.05, 4.69) is 43.3 Å². The molecule has 2 aromatic rings. The fourth-order valence-corrected chi connectivity index (χ4v) is 3.91. The fourth-order valence-electron chi connectivity index (χ4n) is 3.91. The Morgan fingerprint density at radius 1 is 0.929 bits per heavy atom. The Bertz CT molecular complexity index is 723. The first-order chi connectivity index (χ1) is 13.6. The molecule has 1 fully saturated rings. The highest BCUT2D eigenvalue weighted by molar-refractivity contribution is 5.43. The van der Waals surface area contributed by atoms with Crippen molar-refractivity contribution in [1.29, 1.82) is 0 Å². The van der Waals surface area contributed by atoms with Gasteiger partial charge >= 0.3 is 0 Å². The number of hydrogen-bond acceptors (Lipinski definition) is 4. The lowest BCUT2D eigenvalue weighted by Crippen LogP contribution is -2.41. The molecule has 3 rings (SSSR count). The average Bonchev–Trinajstić information content (AvgIpc) is 2.69. The summed E-state index contributed by atoms with van der Waals surface area (Å²) in [6.45, 7) is 4.37. The quantitative estimate of drug-likeness (QED) is 0.509. The maximum absolute atomic E-state index is 6.08. The third-order valence-electron chi connectivity index (χ3n) is 5.38. The zero-order valence-corrected chi connectivity index (χ0v) is 17.3. The predicted octanol–water partition coefficient (Wildman–Crippen LogP) is 5.04. The highest BCUT2D eigenvalue weighted by Gasteiger charge is 2.40. The van der Waals surface area contributed by atoms with E-state index in [1.54, 1.807) is 14.2 Å². The molecular formula is C24H32O4. The van der Waals surface area contributed by atoms with Crippen LogP contribution >= 0.6 is 0 Å². The van der Waals surface area contributed by atoms with Gasteiger partial charge in [0, 0.05) is 20.1 Å². The van der Waals surface area contributed by atoms with Gasteiger partial charge in [-0.15, -0.1) is 0 Å². The van der Waals surface area contributed by atoms with E-state index in [1.165, 1.54) is 11.1 Å². The molecule has 1 aliphatic carbocycles. The van der Waals surface area contributed by atoms with Crippen molar-refractivity contribution in [2.24, 2.45) is 5.41 Å². The van der Waals surface area contributed by atoms with Crippen molar-refractivity contribution in [1.82, 2.24) is 0 Å². The first kappa shape index (κ1) is 20.7. The van der Waals surface area contributed by atoms with E-state index in [-0.39, 0.29) is 5.41 Å². The van der Waals surface area contributed by atoms with Gasteiger partial charge in [-0.2, -0.15) is 0 Å². The predicted molar refractivity (Wildman–Crippen MR) is 111 cm³/mol. The van der Waals surface area contributed by atoms with Crippen molar-refractivity contribution in [3.8, 4) is 11.5 Å². The van der Waals surface area contributed by atoms with Crippen LogP contribution in [0.15, 0.2) is 48.5 Å². The molecular weight excluding hydrogens is 352 g/mol. The number of rotatable bonds is 11. The molecule has 0 radical (unpaired) electrons. The van der Waals surface area contributed by atoms with E-state index in [0.29, 0.717) is 25.9 Å². The molecule has 0 N–H and O–H groups in total. The van der Waals surface area contributed by atoms with E-state index < -0.39 is 0 Å². The molecule has 1 saturated carbocycles. The Kier molecular flexibility index (Phi) is 7.35. The molecule has 0 saturated heterocycles. The van der Waals surface area contributed by atoms with Crippen molar-refractivity contribution in [3.05, 3.63) is 59.7 Å². The minimum atomic E-state index is 0.281. The summed E-state index contributed by atoms with van der Waals surface area (Å²) in [6, 6.07) is 16.6. The van der Waals surface area contributed by atoms with Crippen molar-refractivity contribution in [2.45, 2.75) is 45.3 Å². The Labute approximate surface area is 168 Å². The SMILES string of the molecule is COCCCOc1cc(CC2(C)CC(OCc3ccccc3)C2)ccc1OC. The first-order valence-corrected chi connectivity index (χ1v) is 10.1. The number of methoxy groups -OCH3 is 2. The van der Waals surface area contributed by atoms with Crippen LogP contribution in [0.3, 0.4) is 0 Å². The van der Waals surface area contributed by atoms with E-state index in [1.807, 2.05) is 12.1 Å². The van der Waals surface area contributed by atoms with E-state index in [9.17, 15) is 0 Å². The van der Waals surface area contributed by atoms with Gasteiger partial charge in [0.25, 0.3) is 0 Å². The molecule has 0 heterocycles. The smallest absolute Gasteiger partial charge is 0.161 e. The molecule has 4 heteroatoms. The highest BCUT2D eigenvalue weighted by Crippen LogP contribution is 2.46. The minimum Gasteiger partial charge on any atom is -0.493 e. The fraction of sp³-hybridized carbons (Fsp3) is 0.500. The lowest BCUT2D eigenvalue weighted by molar-refractivity contribution is -0.0806. The minimum absolute atomic E-state index is 0.281. The molecule has 0 spiro atoms. The van der Waals surface area contributed by atoms with Gasteiger partial charge in [-0.3, -0.25) is 0 Å². The van der Waals surface area contributed by atoms with Crippen LogP contribution in [0.25, 0.3) is 0 Å². The topological polar surface area (TPSA) is 36.9 Å². The van der Waals surface area contributed by atoms with Crippen LogP contribution in [0.1, 0.15) is 37.3 Å². The van der Waals surface area contributed by atoms with Gasteiger partial charge < -0.3 is 18.9 Å². The van der Waals surface area contributed by atoms with Crippen LogP contribution in [0, 0.1) is 5.41 Å². The second kappa shape index (κ2) is 9.94. The third-order valence-corrected chi connectivity index (χ3v) is 5.38. The summed E-state index contributed by atoms with van der Waals surface area (Å²) >= 11 is 0. The van der Waals surface area contributed by atoms with Crippen molar-refractivity contribution >= 4 is 0 Å². The molecule has 152 valence electrons. The van der Waals surface area contributed by atoms with Crippen LogP contribution in [0.5, 0.6) is 11.5 Å². The lowest BCUT2D eigenvalue weighted by atomic mass is 9.65. The normalized spacial score (nSPS) is 21.2. The molecule has 0 bridgehead atoms. The summed E-state index contributed by atoms with van der Waals surface area (Å²) in [6.07, 6.45) is 4.43. The van der Waals surface area contributed by atoms with Gasteiger partial charge in [0.15, 0.2) is 11.5 Å². The zero-order valence-electron chi connectivity index (χ0n) is 17.3. The molecule has 1 aliphatic rings. The van der Waals surface area contributed by atoms with Crippen LogP contribution < -0.4 is 9.47 Å². The second-order valence-electron chi connectivity index (χ2n) is 7.99. The standard InChI is InChI=1S/C24H32O4/c1-24(16-21(17-24)28-18-19-8-5-4-6-9-19)15-20-10-11-22(26-3)23(14-20)27-13-7-12-25-2/h4-6,8-11,14,21H,7,12-13,15-18H2,1-3H3. The second-order valence-corrected chi connectivity index (χ2v) is 7.99. The Balaban J connectivity index is 1.50.